The molecule has 0 bridgehead atoms. The number of hydrogen-bond acceptors (Lipinski definition) is 3. The zero-order chi connectivity index (χ0) is 13.8. The van der Waals surface area contributed by atoms with E-state index < -0.39 is 0 Å². The number of carbonyl (C=O) groups is 1. The molecule has 0 aliphatic carbocycles. The van der Waals surface area contributed by atoms with Gasteiger partial charge in [0.1, 0.15) is 0 Å². The van der Waals surface area contributed by atoms with E-state index in [-0.39, 0.29) is 17.9 Å². The first-order chi connectivity index (χ1) is 9.08. The van der Waals surface area contributed by atoms with Crippen molar-refractivity contribution in [1.29, 1.82) is 0 Å². The highest BCUT2D eigenvalue weighted by Gasteiger charge is 2.22. The van der Waals surface area contributed by atoms with E-state index in [4.69, 9.17) is 5.73 Å². The predicted molar refractivity (Wildman–Crippen MR) is 74.4 cm³/mol. The highest BCUT2D eigenvalue weighted by atomic mass is 16.1. The molecule has 2 unspecified atom stereocenters. The fourth-order valence-electron chi connectivity index (χ4n) is 1.87. The summed E-state index contributed by atoms with van der Waals surface area (Å²) in [6, 6.07) is 9.30. The molecular formula is C14H18N4O. The number of rotatable bonds is 4. The third-order valence-electron chi connectivity index (χ3n) is 3.11. The van der Waals surface area contributed by atoms with Crippen molar-refractivity contribution in [3.05, 3.63) is 48.3 Å². The molecule has 2 rings (SSSR count). The number of nitrogens with zero attached hydrogens (tertiary/aromatic N) is 2. The minimum absolute atomic E-state index is 0.107. The highest BCUT2D eigenvalue weighted by Crippen LogP contribution is 2.20. The number of aryl methyl sites for hydroxylation is 1. The van der Waals surface area contributed by atoms with Crippen molar-refractivity contribution < 1.29 is 4.79 Å². The van der Waals surface area contributed by atoms with Crippen LogP contribution < -0.4 is 11.1 Å². The molecule has 1 aromatic heterocycles. The zero-order valence-corrected chi connectivity index (χ0v) is 11.1. The number of nitrogens with two attached hydrogens (primary N) is 1. The molecular weight excluding hydrogens is 240 g/mol. The van der Waals surface area contributed by atoms with Crippen LogP contribution in [-0.4, -0.2) is 15.7 Å². The van der Waals surface area contributed by atoms with Crippen molar-refractivity contribution in [2.45, 2.75) is 13.0 Å². The first-order valence-electron chi connectivity index (χ1n) is 6.18. The van der Waals surface area contributed by atoms with Crippen LogP contribution in [0.3, 0.4) is 0 Å². The molecule has 0 aliphatic heterocycles. The quantitative estimate of drug-likeness (QED) is 0.876. The van der Waals surface area contributed by atoms with E-state index in [1.165, 1.54) is 0 Å². The van der Waals surface area contributed by atoms with Gasteiger partial charge in [-0.25, -0.2) is 0 Å². The number of aromatic nitrogens is 2. The average molecular weight is 258 g/mol. The summed E-state index contributed by atoms with van der Waals surface area (Å²) in [4.78, 5) is 12.1. The molecule has 0 radical (unpaired) electrons. The van der Waals surface area contributed by atoms with E-state index in [0.29, 0.717) is 5.69 Å². The Kier molecular flexibility index (Phi) is 3.97. The highest BCUT2D eigenvalue weighted by molar-refractivity contribution is 5.92. The fourth-order valence-corrected chi connectivity index (χ4v) is 1.87. The van der Waals surface area contributed by atoms with E-state index in [0.717, 1.165) is 5.56 Å². The molecule has 100 valence electrons. The van der Waals surface area contributed by atoms with Gasteiger partial charge in [-0.3, -0.25) is 9.48 Å². The molecule has 2 atom stereocenters. The van der Waals surface area contributed by atoms with Gasteiger partial charge < -0.3 is 11.1 Å². The molecule has 0 spiro atoms. The standard InChI is InChI=1S/C14H18N4O/c1-10(13(15)11-6-4-3-5-7-11)14(19)17-12-8-16-18(2)9-12/h3-10,13H,15H2,1-2H3,(H,17,19). The number of anilines is 1. The van der Waals surface area contributed by atoms with Crippen LogP contribution in [0.5, 0.6) is 0 Å². The number of hydrogen-bond donors (Lipinski definition) is 2. The van der Waals surface area contributed by atoms with Crippen LogP contribution in [0, 0.1) is 5.92 Å². The van der Waals surface area contributed by atoms with E-state index in [2.05, 4.69) is 10.4 Å². The topological polar surface area (TPSA) is 72.9 Å². The molecule has 5 nitrogen and oxygen atoms in total. The number of nitrogens with one attached hydrogen (secondary N) is 1. The summed E-state index contributed by atoms with van der Waals surface area (Å²) >= 11 is 0. The Morgan fingerprint density at radius 2 is 2.05 bits per heavy atom. The average Bonchev–Trinajstić information content (AvgIpc) is 2.83. The van der Waals surface area contributed by atoms with Crippen molar-refractivity contribution in [3.8, 4) is 0 Å². The summed E-state index contributed by atoms with van der Waals surface area (Å²) in [5, 5.41) is 6.81. The third kappa shape index (κ3) is 3.20. The molecule has 0 saturated heterocycles. The van der Waals surface area contributed by atoms with Gasteiger partial charge in [0.05, 0.1) is 17.8 Å². The Morgan fingerprint density at radius 3 is 2.63 bits per heavy atom. The normalized spacial score (nSPS) is 13.8. The molecule has 5 heteroatoms. The van der Waals surface area contributed by atoms with Crippen LogP contribution in [0.1, 0.15) is 18.5 Å². The van der Waals surface area contributed by atoms with E-state index in [1.54, 1.807) is 24.1 Å². The molecule has 1 amide bonds. The molecule has 0 fully saturated rings. The van der Waals surface area contributed by atoms with Gasteiger partial charge in [-0.2, -0.15) is 5.10 Å². The van der Waals surface area contributed by atoms with Gasteiger partial charge in [0.25, 0.3) is 0 Å². The largest absolute Gasteiger partial charge is 0.323 e. The monoisotopic (exact) mass is 258 g/mol. The lowest BCUT2D eigenvalue weighted by atomic mass is 9.95. The lowest BCUT2D eigenvalue weighted by Crippen LogP contribution is -2.30. The number of carbonyl (C=O) groups excluding carboxylic acids is 1. The molecule has 0 saturated carbocycles. The van der Waals surface area contributed by atoms with E-state index in [9.17, 15) is 4.79 Å². The molecule has 2 aromatic rings. The second-order valence-corrected chi connectivity index (χ2v) is 4.62. The molecule has 0 aliphatic rings. The van der Waals surface area contributed by atoms with E-state index in [1.807, 2.05) is 37.3 Å². The van der Waals surface area contributed by atoms with Crippen LogP contribution in [0.25, 0.3) is 0 Å². The minimum atomic E-state index is -0.321. The predicted octanol–water partition coefficient (Wildman–Crippen LogP) is 1.69. The summed E-state index contributed by atoms with van der Waals surface area (Å²) in [5.74, 6) is -0.424. The molecule has 19 heavy (non-hydrogen) atoms. The maximum atomic E-state index is 12.1. The zero-order valence-electron chi connectivity index (χ0n) is 11.1. The van der Waals surface area contributed by atoms with Crippen LogP contribution >= 0.6 is 0 Å². The van der Waals surface area contributed by atoms with Crippen LogP contribution in [-0.2, 0) is 11.8 Å². The Balaban J connectivity index is 2.03. The van der Waals surface area contributed by atoms with Crippen molar-refractivity contribution in [2.75, 3.05) is 5.32 Å². The summed E-state index contributed by atoms with van der Waals surface area (Å²) in [6.07, 6.45) is 3.36. The van der Waals surface area contributed by atoms with Crippen molar-refractivity contribution in [3.63, 3.8) is 0 Å². The maximum absolute atomic E-state index is 12.1. The van der Waals surface area contributed by atoms with Crippen LogP contribution in [0.15, 0.2) is 42.7 Å². The van der Waals surface area contributed by atoms with Gasteiger partial charge in [-0.15, -0.1) is 0 Å². The fraction of sp³-hybridized carbons (Fsp3) is 0.286. The van der Waals surface area contributed by atoms with Gasteiger partial charge in [-0.1, -0.05) is 37.3 Å². The first-order valence-corrected chi connectivity index (χ1v) is 6.18. The molecule has 1 heterocycles. The Labute approximate surface area is 112 Å². The Bertz CT molecular complexity index is 550. The maximum Gasteiger partial charge on any atom is 0.229 e. The SMILES string of the molecule is CC(C(=O)Nc1cnn(C)c1)C(N)c1ccccc1. The number of benzene rings is 1. The van der Waals surface area contributed by atoms with Crippen LogP contribution in [0.4, 0.5) is 5.69 Å². The molecule has 3 N–H and O–H groups in total. The lowest BCUT2D eigenvalue weighted by molar-refractivity contribution is -0.120. The van der Waals surface area contributed by atoms with Gasteiger partial charge in [0.2, 0.25) is 5.91 Å². The first kappa shape index (κ1) is 13.3. The van der Waals surface area contributed by atoms with Gasteiger partial charge in [0.15, 0.2) is 0 Å². The lowest BCUT2D eigenvalue weighted by Gasteiger charge is -2.19. The van der Waals surface area contributed by atoms with Gasteiger partial charge >= 0.3 is 0 Å². The third-order valence-corrected chi connectivity index (χ3v) is 3.11. The second kappa shape index (κ2) is 5.67. The van der Waals surface area contributed by atoms with Crippen LogP contribution in [0.2, 0.25) is 0 Å². The Morgan fingerprint density at radius 1 is 1.37 bits per heavy atom. The van der Waals surface area contributed by atoms with Crippen molar-refractivity contribution in [1.82, 2.24) is 9.78 Å². The smallest absolute Gasteiger partial charge is 0.229 e. The summed E-state index contributed by atoms with van der Waals surface area (Å²) in [7, 11) is 1.80. The van der Waals surface area contributed by atoms with Gasteiger partial charge in [0, 0.05) is 19.3 Å². The summed E-state index contributed by atoms with van der Waals surface area (Å²) in [5.41, 5.74) is 7.75. The molecule has 1 aromatic carbocycles. The van der Waals surface area contributed by atoms with Crippen molar-refractivity contribution >= 4 is 11.6 Å². The number of amides is 1. The summed E-state index contributed by atoms with van der Waals surface area (Å²) < 4.78 is 1.64. The van der Waals surface area contributed by atoms with Crippen molar-refractivity contribution in [2.24, 2.45) is 18.7 Å². The van der Waals surface area contributed by atoms with Gasteiger partial charge in [-0.05, 0) is 5.56 Å². The minimum Gasteiger partial charge on any atom is -0.323 e. The Hall–Kier alpha value is -2.14. The summed E-state index contributed by atoms with van der Waals surface area (Å²) in [6.45, 7) is 1.82. The second-order valence-electron chi connectivity index (χ2n) is 4.62. The van der Waals surface area contributed by atoms with E-state index >= 15 is 0 Å².